The number of sulfonamides is 1. The van der Waals surface area contributed by atoms with Crippen molar-refractivity contribution < 1.29 is 17.6 Å². The number of hydrogen-bond acceptors (Lipinski definition) is 8. The first-order valence-corrected chi connectivity index (χ1v) is 11.6. The topological polar surface area (TPSA) is 125 Å². The number of halogens is 1. The molecule has 3 atom stereocenters. The molecule has 0 bridgehead atoms. The maximum Gasteiger partial charge on any atom is 0.238 e. The first kappa shape index (κ1) is 23.2. The Balaban J connectivity index is 1.93. The van der Waals surface area contributed by atoms with Gasteiger partial charge in [-0.05, 0) is 32.9 Å². The molecule has 0 aliphatic carbocycles. The first-order valence-electron chi connectivity index (χ1n) is 9.63. The van der Waals surface area contributed by atoms with Gasteiger partial charge >= 0.3 is 0 Å². The van der Waals surface area contributed by atoms with Gasteiger partial charge in [-0.2, -0.15) is 0 Å². The Hall–Kier alpha value is -2.50. The van der Waals surface area contributed by atoms with Crippen LogP contribution in [0.3, 0.4) is 0 Å². The lowest BCUT2D eigenvalue weighted by Crippen LogP contribution is -2.32. The molecule has 3 rings (SSSR count). The molecular weight excluding hydrogens is 444 g/mol. The smallest absolute Gasteiger partial charge is 0.238 e. The summed E-state index contributed by atoms with van der Waals surface area (Å²) in [5, 5.41) is 7.76. The molecule has 0 fully saturated rings. The second kappa shape index (κ2) is 9.33. The van der Waals surface area contributed by atoms with E-state index < -0.39 is 21.2 Å². The average molecular weight is 469 g/mol. The molecule has 3 unspecified atom stereocenters. The largest absolute Gasteiger partial charge is 0.458 e. The predicted molar refractivity (Wildman–Crippen MR) is 117 cm³/mol. The Bertz CT molecular complexity index is 1130. The van der Waals surface area contributed by atoms with Crippen LogP contribution in [0.5, 0.6) is 0 Å². The molecule has 168 valence electrons. The summed E-state index contributed by atoms with van der Waals surface area (Å²) >= 11 is 5.83. The molecule has 0 saturated heterocycles. The summed E-state index contributed by atoms with van der Waals surface area (Å²) in [5.74, 6) is 1.55. The first-order chi connectivity index (χ1) is 14.6. The van der Waals surface area contributed by atoms with Crippen molar-refractivity contribution in [1.82, 2.24) is 24.7 Å². The van der Waals surface area contributed by atoms with Crippen LogP contribution < -0.4 is 4.72 Å². The molecule has 0 aromatic carbocycles. The molecule has 0 amide bonds. The van der Waals surface area contributed by atoms with Gasteiger partial charge in [0.25, 0.3) is 0 Å². The Kier molecular flexibility index (Phi) is 6.97. The van der Waals surface area contributed by atoms with Crippen molar-refractivity contribution >= 4 is 27.6 Å². The summed E-state index contributed by atoms with van der Waals surface area (Å²) in [4.78, 5) is 8.28. The molecule has 3 aromatic rings. The second-order valence-electron chi connectivity index (χ2n) is 7.33. The third-order valence-corrected chi connectivity index (χ3v) is 7.03. The van der Waals surface area contributed by atoms with E-state index in [0.29, 0.717) is 34.8 Å². The lowest BCUT2D eigenvalue weighted by molar-refractivity contribution is 0.163. The molecule has 0 saturated carbocycles. The van der Waals surface area contributed by atoms with Crippen molar-refractivity contribution in [3.05, 3.63) is 41.1 Å². The SMILES string of the molecule is COCC(C)n1c(NS(=O)(=O)C(C)C(C)c2ncc(Cl)cn2)nnc1-c1ccc(C)o1. The van der Waals surface area contributed by atoms with Crippen molar-refractivity contribution in [1.29, 1.82) is 0 Å². The van der Waals surface area contributed by atoms with E-state index >= 15 is 0 Å². The van der Waals surface area contributed by atoms with Crippen LogP contribution in [0.1, 0.15) is 44.3 Å². The van der Waals surface area contributed by atoms with Gasteiger partial charge in [0.2, 0.25) is 21.8 Å². The zero-order chi connectivity index (χ0) is 22.8. The van der Waals surface area contributed by atoms with Gasteiger partial charge in [-0.25, -0.2) is 18.4 Å². The summed E-state index contributed by atoms with van der Waals surface area (Å²) in [6.07, 6.45) is 2.88. The number of aryl methyl sites for hydroxylation is 1. The van der Waals surface area contributed by atoms with Crippen LogP contribution in [0, 0.1) is 6.92 Å². The van der Waals surface area contributed by atoms with Gasteiger partial charge in [0.15, 0.2) is 5.76 Å². The molecule has 0 spiro atoms. The highest BCUT2D eigenvalue weighted by Crippen LogP contribution is 2.29. The van der Waals surface area contributed by atoms with E-state index in [1.807, 2.05) is 13.8 Å². The van der Waals surface area contributed by atoms with Gasteiger partial charge in [-0.3, -0.25) is 9.29 Å². The van der Waals surface area contributed by atoms with Gasteiger partial charge in [-0.15, -0.1) is 10.2 Å². The minimum absolute atomic E-state index is 0.0738. The molecule has 12 heteroatoms. The number of furan rings is 1. The van der Waals surface area contributed by atoms with E-state index in [-0.39, 0.29) is 12.0 Å². The van der Waals surface area contributed by atoms with E-state index in [4.69, 9.17) is 20.8 Å². The van der Waals surface area contributed by atoms with Crippen LogP contribution in [0.25, 0.3) is 11.6 Å². The number of ether oxygens (including phenoxy) is 1. The van der Waals surface area contributed by atoms with E-state index in [1.165, 1.54) is 12.4 Å². The van der Waals surface area contributed by atoms with E-state index in [1.54, 1.807) is 37.7 Å². The minimum atomic E-state index is -3.86. The average Bonchev–Trinajstić information content (AvgIpc) is 3.33. The van der Waals surface area contributed by atoms with E-state index in [9.17, 15) is 8.42 Å². The van der Waals surface area contributed by atoms with Crippen molar-refractivity contribution in [2.24, 2.45) is 0 Å². The third-order valence-electron chi connectivity index (χ3n) is 4.98. The Morgan fingerprint density at radius 3 is 2.45 bits per heavy atom. The van der Waals surface area contributed by atoms with Crippen LogP contribution in [-0.2, 0) is 14.8 Å². The number of methoxy groups -OCH3 is 1. The summed E-state index contributed by atoms with van der Waals surface area (Å²) in [6, 6.07) is 3.30. The molecule has 31 heavy (non-hydrogen) atoms. The van der Waals surface area contributed by atoms with Gasteiger partial charge in [0, 0.05) is 25.4 Å². The molecular formula is C19H25ClN6O4S. The fourth-order valence-electron chi connectivity index (χ4n) is 3.07. The normalized spacial score (nSPS) is 14.9. The summed E-state index contributed by atoms with van der Waals surface area (Å²) in [6.45, 7) is 7.33. The molecule has 10 nitrogen and oxygen atoms in total. The van der Waals surface area contributed by atoms with Crippen molar-refractivity contribution in [2.45, 2.75) is 44.9 Å². The highest BCUT2D eigenvalue weighted by atomic mass is 35.5. The number of aromatic nitrogens is 5. The number of hydrogen-bond donors (Lipinski definition) is 1. The van der Waals surface area contributed by atoms with Crippen LogP contribution >= 0.6 is 11.6 Å². The Morgan fingerprint density at radius 1 is 1.19 bits per heavy atom. The Labute approximate surface area is 186 Å². The fourth-order valence-corrected chi connectivity index (χ4v) is 4.41. The molecule has 0 aliphatic heterocycles. The number of nitrogens with one attached hydrogen (secondary N) is 1. The lowest BCUT2D eigenvalue weighted by Gasteiger charge is -2.21. The highest BCUT2D eigenvalue weighted by Gasteiger charge is 2.32. The van der Waals surface area contributed by atoms with E-state index in [0.717, 1.165) is 0 Å². The van der Waals surface area contributed by atoms with Gasteiger partial charge in [-0.1, -0.05) is 18.5 Å². The second-order valence-corrected chi connectivity index (χ2v) is 9.81. The lowest BCUT2D eigenvalue weighted by atomic mass is 10.1. The summed E-state index contributed by atoms with van der Waals surface area (Å²) < 4.78 is 41.4. The minimum Gasteiger partial charge on any atom is -0.458 e. The molecule has 3 aromatic heterocycles. The van der Waals surface area contributed by atoms with Crippen molar-refractivity contribution in [3.8, 4) is 11.6 Å². The third kappa shape index (κ3) is 5.05. The van der Waals surface area contributed by atoms with Crippen molar-refractivity contribution in [2.75, 3.05) is 18.4 Å². The summed E-state index contributed by atoms with van der Waals surface area (Å²) in [5.41, 5.74) is 0. The zero-order valence-corrected chi connectivity index (χ0v) is 19.5. The molecule has 0 aliphatic rings. The zero-order valence-electron chi connectivity index (χ0n) is 17.9. The monoisotopic (exact) mass is 468 g/mol. The number of nitrogens with zero attached hydrogens (tertiary/aromatic N) is 5. The maximum absolute atomic E-state index is 13.1. The molecule has 1 N–H and O–H groups in total. The molecule has 0 radical (unpaired) electrons. The van der Waals surface area contributed by atoms with Crippen LogP contribution in [-0.4, -0.2) is 52.1 Å². The standard InChI is InChI=1S/C19H25ClN6O4S/c1-11(10-29-5)26-18(16-7-6-12(2)30-16)23-24-19(26)25-31(27,28)14(4)13(3)17-21-8-15(20)9-22-17/h6-9,11,13-14H,10H2,1-5H3,(H,24,25). The summed E-state index contributed by atoms with van der Waals surface area (Å²) in [7, 11) is -2.30. The predicted octanol–water partition coefficient (Wildman–Crippen LogP) is 3.43. The highest BCUT2D eigenvalue weighted by molar-refractivity contribution is 7.93. The fraction of sp³-hybridized carbons (Fsp3) is 0.474. The number of rotatable bonds is 9. The maximum atomic E-state index is 13.1. The molecule has 3 heterocycles. The van der Waals surface area contributed by atoms with Gasteiger partial charge in [0.05, 0.1) is 22.9 Å². The van der Waals surface area contributed by atoms with Crippen molar-refractivity contribution in [3.63, 3.8) is 0 Å². The van der Waals surface area contributed by atoms with Gasteiger partial charge in [0.1, 0.15) is 11.6 Å². The van der Waals surface area contributed by atoms with Crippen LogP contribution in [0.2, 0.25) is 5.02 Å². The Morgan fingerprint density at radius 2 is 1.87 bits per heavy atom. The van der Waals surface area contributed by atoms with Gasteiger partial charge < -0.3 is 9.15 Å². The van der Waals surface area contributed by atoms with Crippen LogP contribution in [0.15, 0.2) is 28.9 Å². The number of anilines is 1. The van der Waals surface area contributed by atoms with Crippen LogP contribution in [0.4, 0.5) is 5.95 Å². The quantitative estimate of drug-likeness (QED) is 0.506. The van der Waals surface area contributed by atoms with E-state index in [2.05, 4.69) is 24.9 Å².